The van der Waals surface area contributed by atoms with Crippen LogP contribution in [0.15, 0.2) is 24.3 Å². The molecule has 0 bridgehead atoms. The molecular formula is C18H19FN4OS. The van der Waals surface area contributed by atoms with E-state index in [1.165, 1.54) is 29.9 Å². The maximum Gasteiger partial charge on any atom is 0.228 e. The van der Waals surface area contributed by atoms with Crippen LogP contribution in [0.4, 0.5) is 10.2 Å². The first kappa shape index (κ1) is 16.2. The largest absolute Gasteiger partial charge is 0.310 e. The molecule has 1 aliphatic rings. The molecule has 0 atom stereocenters. The summed E-state index contributed by atoms with van der Waals surface area (Å²) in [6.07, 6.45) is 5.32. The van der Waals surface area contributed by atoms with Gasteiger partial charge >= 0.3 is 0 Å². The van der Waals surface area contributed by atoms with Crippen LogP contribution in [-0.2, 0) is 4.79 Å². The minimum Gasteiger partial charge on any atom is -0.310 e. The van der Waals surface area contributed by atoms with Gasteiger partial charge in [0.15, 0.2) is 0 Å². The van der Waals surface area contributed by atoms with Crippen LogP contribution in [0.3, 0.4) is 0 Å². The van der Waals surface area contributed by atoms with E-state index in [4.69, 9.17) is 0 Å². The maximum atomic E-state index is 13.4. The van der Waals surface area contributed by atoms with Crippen molar-refractivity contribution in [2.24, 2.45) is 5.92 Å². The fourth-order valence-corrected chi connectivity index (χ4v) is 4.26. The Kier molecular flexibility index (Phi) is 4.25. The molecule has 1 saturated carbocycles. The average molecular weight is 358 g/mol. The monoisotopic (exact) mass is 358 g/mol. The van der Waals surface area contributed by atoms with Crippen molar-refractivity contribution in [3.05, 3.63) is 35.8 Å². The summed E-state index contributed by atoms with van der Waals surface area (Å²) >= 11 is 1.35. The summed E-state index contributed by atoms with van der Waals surface area (Å²) < 4.78 is 15.8. The number of nitrogens with one attached hydrogen (secondary N) is 1. The summed E-state index contributed by atoms with van der Waals surface area (Å²) in [5.41, 5.74) is 1.52. The number of benzene rings is 1. The minimum atomic E-state index is -0.287. The van der Waals surface area contributed by atoms with E-state index in [1.54, 1.807) is 10.7 Å². The second-order valence-electron chi connectivity index (χ2n) is 6.52. The molecule has 1 amide bonds. The van der Waals surface area contributed by atoms with E-state index in [-0.39, 0.29) is 17.6 Å². The molecule has 130 valence electrons. The van der Waals surface area contributed by atoms with Gasteiger partial charge in [0.1, 0.15) is 11.6 Å². The highest BCUT2D eigenvalue weighted by molar-refractivity contribution is 7.20. The zero-order valence-electron chi connectivity index (χ0n) is 14.0. The van der Waals surface area contributed by atoms with Gasteiger partial charge in [-0.05, 0) is 38.0 Å². The molecule has 1 N–H and O–H groups in total. The zero-order chi connectivity index (χ0) is 17.4. The lowest BCUT2D eigenvalue weighted by Gasteiger charge is -2.20. The number of rotatable bonds is 3. The van der Waals surface area contributed by atoms with Crippen molar-refractivity contribution >= 4 is 33.3 Å². The Balaban J connectivity index is 1.64. The molecule has 1 aliphatic carbocycles. The van der Waals surface area contributed by atoms with Gasteiger partial charge in [0.2, 0.25) is 11.0 Å². The third-order valence-electron chi connectivity index (χ3n) is 4.58. The molecule has 2 aromatic heterocycles. The van der Waals surface area contributed by atoms with Gasteiger partial charge in [0.25, 0.3) is 0 Å². The Morgan fingerprint density at radius 3 is 2.88 bits per heavy atom. The molecule has 25 heavy (non-hydrogen) atoms. The molecule has 1 aromatic carbocycles. The number of hydrogen-bond donors (Lipinski definition) is 1. The smallest absolute Gasteiger partial charge is 0.228 e. The number of halogens is 1. The summed E-state index contributed by atoms with van der Waals surface area (Å²) in [6, 6.07) is 6.35. The number of fused-ring (bicyclic) bond motifs is 1. The van der Waals surface area contributed by atoms with Gasteiger partial charge in [0, 0.05) is 12.0 Å². The molecule has 0 aliphatic heterocycles. The van der Waals surface area contributed by atoms with Crippen LogP contribution < -0.4 is 5.32 Å². The van der Waals surface area contributed by atoms with Gasteiger partial charge < -0.3 is 5.32 Å². The molecule has 1 fully saturated rings. The topological polar surface area (TPSA) is 59.8 Å². The quantitative estimate of drug-likeness (QED) is 0.752. The van der Waals surface area contributed by atoms with Gasteiger partial charge in [-0.3, -0.25) is 4.79 Å². The predicted octanol–water partition coefficient (Wildman–Crippen LogP) is 4.45. The molecule has 0 saturated heterocycles. The summed E-state index contributed by atoms with van der Waals surface area (Å²) in [6.45, 7) is 1.87. The lowest BCUT2D eigenvalue weighted by atomic mass is 9.89. The van der Waals surface area contributed by atoms with Crippen molar-refractivity contribution in [3.63, 3.8) is 0 Å². The van der Waals surface area contributed by atoms with Gasteiger partial charge in [0.05, 0.1) is 15.9 Å². The fourth-order valence-electron chi connectivity index (χ4n) is 3.30. The number of carbonyl (C=O) groups excluding carboxylic acids is 1. The van der Waals surface area contributed by atoms with Gasteiger partial charge in [-0.15, -0.1) is 0 Å². The minimum absolute atomic E-state index is 0.0491. The lowest BCUT2D eigenvalue weighted by molar-refractivity contribution is -0.120. The highest BCUT2D eigenvalue weighted by Gasteiger charge is 2.23. The average Bonchev–Trinajstić information content (AvgIpc) is 3.18. The Bertz CT molecular complexity index is 926. The van der Waals surface area contributed by atoms with Crippen LogP contribution in [0.1, 0.15) is 37.8 Å². The number of amides is 1. The van der Waals surface area contributed by atoms with Crippen molar-refractivity contribution in [2.75, 3.05) is 5.32 Å². The Morgan fingerprint density at radius 2 is 2.08 bits per heavy atom. The van der Waals surface area contributed by atoms with E-state index in [0.717, 1.165) is 41.6 Å². The normalized spacial score (nSPS) is 15.6. The number of anilines is 1. The van der Waals surface area contributed by atoms with E-state index in [0.29, 0.717) is 10.9 Å². The number of nitrogens with zero attached hydrogens (tertiary/aromatic N) is 3. The van der Waals surface area contributed by atoms with E-state index in [9.17, 15) is 9.18 Å². The van der Waals surface area contributed by atoms with Crippen LogP contribution in [0, 0.1) is 18.7 Å². The first-order valence-electron chi connectivity index (χ1n) is 8.54. The van der Waals surface area contributed by atoms with Crippen LogP contribution >= 0.6 is 11.3 Å². The SMILES string of the molecule is Cc1cc(NC(=O)C2CCCCC2)n(-c2nc3ccc(F)cc3s2)n1. The van der Waals surface area contributed by atoms with Gasteiger partial charge in [-0.25, -0.2) is 9.37 Å². The molecule has 0 radical (unpaired) electrons. The van der Waals surface area contributed by atoms with Crippen molar-refractivity contribution in [3.8, 4) is 5.13 Å². The van der Waals surface area contributed by atoms with Gasteiger partial charge in [-0.1, -0.05) is 30.6 Å². The van der Waals surface area contributed by atoms with Crippen LogP contribution in [0.5, 0.6) is 0 Å². The Hall–Kier alpha value is -2.28. The van der Waals surface area contributed by atoms with Crippen molar-refractivity contribution < 1.29 is 9.18 Å². The van der Waals surface area contributed by atoms with E-state index < -0.39 is 0 Å². The van der Waals surface area contributed by atoms with E-state index in [1.807, 2.05) is 13.0 Å². The molecule has 0 spiro atoms. The number of aryl methyl sites for hydroxylation is 1. The fraction of sp³-hybridized carbons (Fsp3) is 0.389. The predicted molar refractivity (Wildman–Crippen MR) is 96.6 cm³/mol. The standard InChI is InChI=1S/C18H19FN4OS/c1-11-9-16(21-17(24)12-5-3-2-4-6-12)23(22-11)18-20-14-8-7-13(19)10-15(14)25-18/h7-10,12H,2-6H2,1H3,(H,21,24). The highest BCUT2D eigenvalue weighted by atomic mass is 32.1. The Labute approximate surface area is 148 Å². The lowest BCUT2D eigenvalue weighted by Crippen LogP contribution is -2.25. The molecule has 2 heterocycles. The maximum absolute atomic E-state index is 13.4. The third kappa shape index (κ3) is 3.28. The van der Waals surface area contributed by atoms with Crippen molar-refractivity contribution in [2.45, 2.75) is 39.0 Å². The van der Waals surface area contributed by atoms with Crippen molar-refractivity contribution in [1.29, 1.82) is 0 Å². The summed E-state index contributed by atoms with van der Waals surface area (Å²) in [5, 5.41) is 8.08. The molecular weight excluding hydrogens is 339 g/mol. The first-order valence-corrected chi connectivity index (χ1v) is 9.36. The summed E-state index contributed by atoms with van der Waals surface area (Å²) in [7, 11) is 0. The Morgan fingerprint density at radius 1 is 1.28 bits per heavy atom. The van der Waals surface area contributed by atoms with E-state index in [2.05, 4.69) is 15.4 Å². The number of aromatic nitrogens is 3. The number of thiazole rings is 1. The third-order valence-corrected chi connectivity index (χ3v) is 5.57. The molecule has 4 rings (SSSR count). The molecule has 3 aromatic rings. The second kappa shape index (κ2) is 6.55. The number of carbonyl (C=O) groups is 1. The van der Waals surface area contributed by atoms with Crippen LogP contribution in [-0.4, -0.2) is 20.7 Å². The van der Waals surface area contributed by atoms with Gasteiger partial charge in [-0.2, -0.15) is 9.78 Å². The molecule has 0 unspecified atom stereocenters. The zero-order valence-corrected chi connectivity index (χ0v) is 14.8. The molecule has 5 nitrogen and oxygen atoms in total. The van der Waals surface area contributed by atoms with Crippen LogP contribution in [0.2, 0.25) is 0 Å². The van der Waals surface area contributed by atoms with Crippen molar-refractivity contribution in [1.82, 2.24) is 14.8 Å². The summed E-state index contributed by atoms with van der Waals surface area (Å²) in [4.78, 5) is 17.1. The number of hydrogen-bond acceptors (Lipinski definition) is 4. The second-order valence-corrected chi connectivity index (χ2v) is 7.52. The first-order chi connectivity index (χ1) is 12.1. The molecule has 7 heteroatoms. The van der Waals surface area contributed by atoms with E-state index >= 15 is 0 Å². The summed E-state index contributed by atoms with van der Waals surface area (Å²) in [5.74, 6) is 0.452. The highest BCUT2D eigenvalue weighted by Crippen LogP contribution is 2.29. The van der Waals surface area contributed by atoms with Crippen LogP contribution in [0.25, 0.3) is 15.3 Å².